The highest BCUT2D eigenvalue weighted by Gasteiger charge is 2.31. The van der Waals surface area contributed by atoms with Crippen LogP contribution in [0.2, 0.25) is 0 Å². The number of nitrogens with two attached hydrogens (primary N) is 1. The summed E-state index contributed by atoms with van der Waals surface area (Å²) < 4.78 is 40.3. The smallest absolute Gasteiger partial charge is 0.366 e. The molecule has 2 N–H and O–H groups in total. The number of aromatic nitrogens is 4. The summed E-state index contributed by atoms with van der Waals surface area (Å²) in [7, 11) is 0. The molecular formula is C16H16F3N5. The second-order valence-electron chi connectivity index (χ2n) is 5.53. The molecule has 0 saturated heterocycles. The molecule has 0 atom stereocenters. The van der Waals surface area contributed by atoms with E-state index >= 15 is 0 Å². The Morgan fingerprint density at radius 3 is 2.62 bits per heavy atom. The van der Waals surface area contributed by atoms with Crippen molar-refractivity contribution in [2.24, 2.45) is 0 Å². The predicted molar refractivity (Wildman–Crippen MR) is 84.4 cm³/mol. The van der Waals surface area contributed by atoms with Gasteiger partial charge in [-0.15, -0.1) is 5.10 Å². The van der Waals surface area contributed by atoms with Crippen LogP contribution in [0.4, 0.5) is 19.1 Å². The highest BCUT2D eigenvalue weighted by molar-refractivity contribution is 5.64. The first-order valence-corrected chi connectivity index (χ1v) is 7.50. The van der Waals surface area contributed by atoms with Crippen molar-refractivity contribution in [3.05, 3.63) is 41.1 Å². The molecule has 3 aromatic rings. The number of nitrogen functional groups attached to an aromatic ring is 1. The van der Waals surface area contributed by atoms with Crippen LogP contribution in [0.25, 0.3) is 17.0 Å². The number of fused-ring (bicyclic) bond motifs is 1. The maximum absolute atomic E-state index is 13.0. The van der Waals surface area contributed by atoms with Gasteiger partial charge in [0.25, 0.3) is 0 Å². The first-order valence-electron chi connectivity index (χ1n) is 7.50. The first-order chi connectivity index (χ1) is 11.3. The summed E-state index contributed by atoms with van der Waals surface area (Å²) >= 11 is 0. The van der Waals surface area contributed by atoms with Gasteiger partial charge in [-0.1, -0.05) is 25.5 Å². The standard InChI is InChI=1S/C16H16F3N5/c1-3-5-12-9(2)21-13(24-14(12)22-15(20)23-24)10-6-4-7-11(8-10)16(17,18)19/h4,6-8H,3,5H2,1-2H3,(H2,20,23). The van der Waals surface area contributed by atoms with Crippen LogP contribution >= 0.6 is 0 Å². The highest BCUT2D eigenvalue weighted by atomic mass is 19.4. The van der Waals surface area contributed by atoms with Crippen molar-refractivity contribution in [2.45, 2.75) is 32.9 Å². The number of rotatable bonds is 3. The Labute approximate surface area is 136 Å². The summed E-state index contributed by atoms with van der Waals surface area (Å²) in [6, 6.07) is 4.99. The minimum Gasteiger partial charge on any atom is -0.366 e. The molecule has 0 spiro atoms. The van der Waals surface area contributed by atoms with Crippen molar-refractivity contribution < 1.29 is 13.2 Å². The normalized spacial score (nSPS) is 12.0. The van der Waals surface area contributed by atoms with Crippen LogP contribution in [0.5, 0.6) is 0 Å². The Morgan fingerprint density at radius 2 is 1.96 bits per heavy atom. The second-order valence-corrected chi connectivity index (χ2v) is 5.53. The number of hydrogen-bond donors (Lipinski definition) is 1. The van der Waals surface area contributed by atoms with Crippen LogP contribution in [0.1, 0.15) is 30.2 Å². The topological polar surface area (TPSA) is 69.1 Å². The van der Waals surface area contributed by atoms with Crippen molar-refractivity contribution in [1.29, 1.82) is 0 Å². The maximum atomic E-state index is 13.0. The van der Waals surface area contributed by atoms with Crippen molar-refractivity contribution in [3.63, 3.8) is 0 Å². The number of anilines is 1. The van der Waals surface area contributed by atoms with E-state index in [4.69, 9.17) is 5.73 Å². The molecule has 0 aliphatic heterocycles. The molecule has 0 amide bonds. The van der Waals surface area contributed by atoms with Gasteiger partial charge in [0, 0.05) is 16.8 Å². The fraction of sp³-hybridized carbons (Fsp3) is 0.312. The summed E-state index contributed by atoms with van der Waals surface area (Å²) in [5.74, 6) is 0.352. The van der Waals surface area contributed by atoms with Gasteiger partial charge < -0.3 is 5.73 Å². The van der Waals surface area contributed by atoms with E-state index in [2.05, 4.69) is 15.1 Å². The third-order valence-electron chi connectivity index (χ3n) is 3.75. The Morgan fingerprint density at radius 1 is 1.21 bits per heavy atom. The fourth-order valence-electron chi connectivity index (χ4n) is 2.67. The van der Waals surface area contributed by atoms with E-state index in [1.165, 1.54) is 10.6 Å². The number of hydrogen-bond acceptors (Lipinski definition) is 4. The molecule has 1 aromatic carbocycles. The Balaban J connectivity index is 2.26. The van der Waals surface area contributed by atoms with Gasteiger partial charge in [-0.3, -0.25) is 0 Å². The maximum Gasteiger partial charge on any atom is 0.416 e. The van der Waals surface area contributed by atoms with Gasteiger partial charge in [-0.2, -0.15) is 22.7 Å². The van der Waals surface area contributed by atoms with Gasteiger partial charge in [0.15, 0.2) is 11.5 Å². The van der Waals surface area contributed by atoms with Gasteiger partial charge in [-0.05, 0) is 25.5 Å². The first kappa shape index (κ1) is 16.2. The van der Waals surface area contributed by atoms with Crippen LogP contribution in [-0.4, -0.2) is 19.6 Å². The molecule has 2 heterocycles. The number of alkyl halides is 3. The number of aryl methyl sites for hydroxylation is 2. The third-order valence-corrected chi connectivity index (χ3v) is 3.75. The molecule has 24 heavy (non-hydrogen) atoms. The van der Waals surface area contributed by atoms with Crippen molar-refractivity contribution in [3.8, 4) is 11.4 Å². The molecule has 5 nitrogen and oxygen atoms in total. The summed E-state index contributed by atoms with van der Waals surface area (Å²) in [6.45, 7) is 3.84. The largest absolute Gasteiger partial charge is 0.416 e. The minimum absolute atomic E-state index is 0.0629. The average molecular weight is 335 g/mol. The van der Waals surface area contributed by atoms with E-state index in [1.807, 2.05) is 13.8 Å². The zero-order chi connectivity index (χ0) is 17.5. The lowest BCUT2D eigenvalue weighted by Crippen LogP contribution is -2.08. The lowest BCUT2D eigenvalue weighted by Gasteiger charge is -2.12. The molecule has 8 heteroatoms. The summed E-state index contributed by atoms with van der Waals surface area (Å²) in [4.78, 5) is 8.68. The molecule has 0 bridgehead atoms. The van der Waals surface area contributed by atoms with Gasteiger partial charge in [0.2, 0.25) is 5.95 Å². The molecule has 0 unspecified atom stereocenters. The number of benzene rings is 1. The van der Waals surface area contributed by atoms with Crippen molar-refractivity contribution in [2.75, 3.05) is 5.73 Å². The highest BCUT2D eigenvalue weighted by Crippen LogP contribution is 2.32. The minimum atomic E-state index is -4.42. The monoisotopic (exact) mass is 335 g/mol. The van der Waals surface area contributed by atoms with E-state index in [1.54, 1.807) is 6.07 Å². The van der Waals surface area contributed by atoms with Gasteiger partial charge in [0.1, 0.15) is 0 Å². The summed E-state index contributed by atoms with van der Waals surface area (Å²) in [5, 5.41) is 4.10. The third kappa shape index (κ3) is 2.79. The molecular weight excluding hydrogens is 319 g/mol. The van der Waals surface area contributed by atoms with E-state index in [9.17, 15) is 13.2 Å². The van der Waals surface area contributed by atoms with Gasteiger partial charge in [0.05, 0.1) is 5.56 Å². The molecule has 2 aromatic heterocycles. The lowest BCUT2D eigenvalue weighted by atomic mass is 10.1. The summed E-state index contributed by atoms with van der Waals surface area (Å²) in [5.41, 5.74) is 7.42. The quantitative estimate of drug-likeness (QED) is 0.793. The van der Waals surface area contributed by atoms with Crippen LogP contribution in [0.3, 0.4) is 0 Å². The number of halogens is 3. The lowest BCUT2D eigenvalue weighted by molar-refractivity contribution is -0.137. The fourth-order valence-corrected chi connectivity index (χ4v) is 2.67. The van der Waals surface area contributed by atoms with Crippen LogP contribution in [0.15, 0.2) is 24.3 Å². The van der Waals surface area contributed by atoms with E-state index < -0.39 is 11.7 Å². The zero-order valence-electron chi connectivity index (χ0n) is 13.2. The predicted octanol–water partition coefficient (Wildman–Crippen LogP) is 3.65. The summed E-state index contributed by atoms with van der Waals surface area (Å²) in [6.07, 6.45) is -2.80. The Hall–Kier alpha value is -2.64. The van der Waals surface area contributed by atoms with E-state index in [-0.39, 0.29) is 11.8 Å². The molecule has 0 fully saturated rings. The van der Waals surface area contributed by atoms with Crippen molar-refractivity contribution in [1.82, 2.24) is 19.6 Å². The van der Waals surface area contributed by atoms with Crippen LogP contribution in [0, 0.1) is 6.92 Å². The van der Waals surface area contributed by atoms with Crippen LogP contribution in [-0.2, 0) is 12.6 Å². The molecule has 3 rings (SSSR count). The van der Waals surface area contributed by atoms with E-state index in [0.717, 1.165) is 30.5 Å². The van der Waals surface area contributed by atoms with E-state index in [0.29, 0.717) is 16.9 Å². The SMILES string of the molecule is CCCc1c(C)nc(-c2cccc(C(F)(F)F)c2)n2nc(N)nc12. The van der Waals surface area contributed by atoms with Crippen LogP contribution < -0.4 is 5.73 Å². The second kappa shape index (κ2) is 5.77. The molecule has 126 valence electrons. The Kier molecular flexibility index (Phi) is 3.90. The number of nitrogens with zero attached hydrogens (tertiary/aromatic N) is 4. The Bertz CT molecular complexity index is 899. The van der Waals surface area contributed by atoms with Gasteiger partial charge in [-0.25, -0.2) is 4.98 Å². The average Bonchev–Trinajstić information content (AvgIpc) is 2.90. The molecule has 0 aliphatic rings. The van der Waals surface area contributed by atoms with Gasteiger partial charge >= 0.3 is 6.18 Å². The molecule has 0 aliphatic carbocycles. The molecule has 0 saturated carbocycles. The zero-order valence-corrected chi connectivity index (χ0v) is 13.2. The van der Waals surface area contributed by atoms with Crippen molar-refractivity contribution >= 4 is 11.6 Å². The molecule has 0 radical (unpaired) electrons.